The van der Waals surface area contributed by atoms with Crippen molar-refractivity contribution < 1.29 is 36.6 Å². The van der Waals surface area contributed by atoms with E-state index in [1.54, 1.807) is 10.9 Å². The summed E-state index contributed by atoms with van der Waals surface area (Å²) in [6.07, 6.45) is -0.579. The van der Waals surface area contributed by atoms with Gasteiger partial charge in [-0.1, -0.05) is 12.1 Å². The minimum Gasteiger partial charge on any atom is -0.391 e. The average Bonchev–Trinajstić information content (AvgIpc) is 3.66. The lowest BCUT2D eigenvalue weighted by Crippen LogP contribution is -2.40. The Labute approximate surface area is 288 Å². The van der Waals surface area contributed by atoms with Crippen molar-refractivity contribution in [2.24, 2.45) is 0 Å². The third kappa shape index (κ3) is 8.48. The Morgan fingerprint density at radius 3 is 2.51 bits per heavy atom. The number of aromatic nitrogens is 3. The number of fused-ring (bicyclic) bond motifs is 1. The fourth-order valence-corrected chi connectivity index (χ4v) is 8.74. The second kappa shape index (κ2) is 14.7. The summed E-state index contributed by atoms with van der Waals surface area (Å²) in [5.41, 5.74) is 2.21. The molecule has 2 fully saturated rings. The van der Waals surface area contributed by atoms with Crippen molar-refractivity contribution in [3.63, 3.8) is 0 Å². The Hall–Kier alpha value is -3.02. The van der Waals surface area contributed by atoms with Gasteiger partial charge >= 0.3 is 6.18 Å². The number of alkyl halides is 3. The molecule has 11 nitrogen and oxygen atoms in total. The van der Waals surface area contributed by atoms with E-state index in [4.69, 9.17) is 5.10 Å². The molecular weight excluding hydrogens is 682 g/mol. The number of rotatable bonds is 10. The van der Waals surface area contributed by atoms with E-state index >= 15 is 0 Å². The molecule has 2 saturated heterocycles. The van der Waals surface area contributed by atoms with Gasteiger partial charge in [0.1, 0.15) is 0 Å². The van der Waals surface area contributed by atoms with Crippen LogP contribution in [0.3, 0.4) is 0 Å². The zero-order chi connectivity index (χ0) is 34.9. The first-order valence-electron chi connectivity index (χ1n) is 16.4. The molecular formula is C33H41F3N6O5S2. The fraction of sp³-hybridized carbons (Fsp3) is 0.545. The number of β-amino-alcohol motifs (C(OH)–C–C–N with tert-alkyl or cyclic N) is 2. The molecule has 3 aliphatic heterocycles. The molecule has 266 valence electrons. The molecule has 0 bridgehead atoms. The van der Waals surface area contributed by atoms with E-state index in [-0.39, 0.29) is 42.7 Å². The number of aliphatic hydroxyl groups is 2. The number of likely N-dealkylation sites (tertiary alicyclic amines) is 2. The summed E-state index contributed by atoms with van der Waals surface area (Å²) in [4.78, 5) is 20.7. The highest BCUT2D eigenvalue weighted by Gasteiger charge is 2.36. The number of nitrogens with zero attached hydrogens (tertiary/aromatic N) is 6. The van der Waals surface area contributed by atoms with Gasteiger partial charge in [0.05, 0.1) is 42.0 Å². The number of halogens is 3. The molecule has 0 aliphatic carbocycles. The van der Waals surface area contributed by atoms with Gasteiger partial charge in [0.2, 0.25) is 15.9 Å². The highest BCUT2D eigenvalue weighted by atomic mass is 32.2. The number of carbonyl (C=O) groups is 1. The first-order chi connectivity index (χ1) is 23.3. The van der Waals surface area contributed by atoms with Gasteiger partial charge in [-0.15, -0.1) is 11.8 Å². The highest BCUT2D eigenvalue weighted by Crippen LogP contribution is 2.40. The molecule has 49 heavy (non-hydrogen) atoms. The van der Waals surface area contributed by atoms with Crippen LogP contribution in [0.5, 0.6) is 0 Å². The van der Waals surface area contributed by atoms with Gasteiger partial charge < -0.3 is 20.0 Å². The molecule has 2 N–H and O–H groups in total. The first kappa shape index (κ1) is 35.8. The van der Waals surface area contributed by atoms with Crippen LogP contribution in [-0.2, 0) is 40.5 Å². The van der Waals surface area contributed by atoms with Crippen LogP contribution in [-0.4, -0.2) is 117 Å². The van der Waals surface area contributed by atoms with E-state index in [2.05, 4.69) is 9.88 Å². The minimum absolute atomic E-state index is 0.0000983. The highest BCUT2D eigenvalue weighted by molar-refractivity contribution is 8.00. The molecule has 0 radical (unpaired) electrons. The van der Waals surface area contributed by atoms with Crippen LogP contribution in [0.15, 0.2) is 47.5 Å². The number of piperidine rings is 1. The Kier molecular flexibility index (Phi) is 10.7. The van der Waals surface area contributed by atoms with Crippen molar-refractivity contribution in [3.05, 3.63) is 65.1 Å². The number of pyridine rings is 1. The summed E-state index contributed by atoms with van der Waals surface area (Å²) >= 11 is 0.773. The number of amides is 1. The monoisotopic (exact) mass is 722 g/mol. The largest absolute Gasteiger partial charge is 0.417 e. The molecule has 0 spiro atoms. The summed E-state index contributed by atoms with van der Waals surface area (Å²) in [6.45, 7) is 2.88. The average molecular weight is 723 g/mol. The number of hydrogen-bond acceptors (Lipinski definition) is 9. The van der Waals surface area contributed by atoms with Crippen LogP contribution in [0.1, 0.15) is 47.7 Å². The number of sulfonamides is 1. The van der Waals surface area contributed by atoms with E-state index in [9.17, 15) is 36.6 Å². The molecule has 1 amide bonds. The van der Waals surface area contributed by atoms with Crippen LogP contribution in [0.4, 0.5) is 13.2 Å². The third-order valence-corrected chi connectivity index (χ3v) is 11.8. The van der Waals surface area contributed by atoms with Crippen molar-refractivity contribution in [2.45, 2.75) is 68.0 Å². The lowest BCUT2D eigenvalue weighted by Gasteiger charge is -2.33. The predicted octanol–water partition coefficient (Wildman–Crippen LogP) is 3.21. The number of carbonyl (C=O) groups excluding carboxylic acids is 1. The summed E-state index contributed by atoms with van der Waals surface area (Å²) in [5, 5.41) is 25.8. The molecule has 0 saturated carbocycles. The lowest BCUT2D eigenvalue weighted by molar-refractivity contribution is -0.139. The topological polar surface area (TPSA) is 132 Å². The minimum atomic E-state index is -4.67. The Bertz CT molecular complexity index is 1750. The Morgan fingerprint density at radius 1 is 1.08 bits per heavy atom. The fourth-order valence-electron chi connectivity index (χ4n) is 6.94. The summed E-state index contributed by atoms with van der Waals surface area (Å²) in [5.74, 6) is -0.231. The number of aliphatic hydroxyl groups excluding tert-OH is 2. The summed E-state index contributed by atoms with van der Waals surface area (Å²) in [7, 11) is -3.57. The third-order valence-electron chi connectivity index (χ3n) is 9.54. The standard InChI is InChI=1S/C33H41F3N6O5S2/c1-49(46,47)41-15-10-29-26(20-41)32(38-42(29)19-25(44)17-39-12-7-22(8-13-39)28-4-2-3-11-37-28)23-5-6-27(33(34,35)36)30(16-23)48-21-31(45)40-14-9-24(43)18-40/h2-6,11,16,22,24-25,43-44H,7-10,12-15,17-21H2,1H3/t24-,25?/m0/s1. The molecule has 6 rings (SSSR count). The van der Waals surface area contributed by atoms with Crippen molar-refractivity contribution >= 4 is 27.7 Å². The van der Waals surface area contributed by atoms with Crippen LogP contribution in [0.25, 0.3) is 11.3 Å². The second-order valence-corrected chi connectivity index (χ2v) is 16.1. The number of hydrogen-bond donors (Lipinski definition) is 2. The molecule has 16 heteroatoms. The Balaban J connectivity index is 1.23. The van der Waals surface area contributed by atoms with E-state index in [0.717, 1.165) is 61.4 Å². The van der Waals surface area contributed by atoms with Crippen LogP contribution >= 0.6 is 11.8 Å². The molecule has 2 aromatic heterocycles. The van der Waals surface area contributed by atoms with Gasteiger partial charge in [-0.2, -0.15) is 22.6 Å². The number of thioether (sulfide) groups is 1. The smallest absolute Gasteiger partial charge is 0.391 e. The van der Waals surface area contributed by atoms with Gasteiger partial charge in [-0.05, 0) is 56.6 Å². The van der Waals surface area contributed by atoms with Crippen LogP contribution in [0.2, 0.25) is 0 Å². The zero-order valence-corrected chi connectivity index (χ0v) is 28.9. The van der Waals surface area contributed by atoms with Gasteiger partial charge in [-0.3, -0.25) is 14.5 Å². The second-order valence-electron chi connectivity index (χ2n) is 13.1. The summed E-state index contributed by atoms with van der Waals surface area (Å²) < 4.78 is 70.3. The molecule has 3 aromatic rings. The van der Waals surface area contributed by atoms with Crippen molar-refractivity contribution in [2.75, 3.05) is 51.3 Å². The Morgan fingerprint density at radius 2 is 1.86 bits per heavy atom. The first-order valence-corrected chi connectivity index (χ1v) is 19.2. The molecule has 1 unspecified atom stereocenters. The van der Waals surface area contributed by atoms with Crippen molar-refractivity contribution in [1.82, 2.24) is 28.9 Å². The molecule has 1 aromatic carbocycles. The van der Waals surface area contributed by atoms with E-state index in [1.165, 1.54) is 21.3 Å². The SMILES string of the molecule is CS(=O)(=O)N1CCc2c(c(-c3ccc(C(F)(F)F)c(SCC(=O)N4CC[C@H](O)C4)c3)nn2CC(O)CN2CCC(c3ccccn3)CC2)C1. The van der Waals surface area contributed by atoms with E-state index < -0.39 is 34.0 Å². The maximum Gasteiger partial charge on any atom is 0.417 e. The van der Waals surface area contributed by atoms with Gasteiger partial charge in [0.25, 0.3) is 0 Å². The maximum atomic E-state index is 14.1. The number of benzene rings is 1. The van der Waals surface area contributed by atoms with Crippen LogP contribution < -0.4 is 0 Å². The van der Waals surface area contributed by atoms with Gasteiger partial charge in [-0.25, -0.2) is 8.42 Å². The normalized spacial score (nSPS) is 20.4. The molecule has 5 heterocycles. The van der Waals surface area contributed by atoms with Crippen molar-refractivity contribution in [3.8, 4) is 11.3 Å². The molecule has 2 atom stereocenters. The maximum absolute atomic E-state index is 14.1. The van der Waals surface area contributed by atoms with Crippen LogP contribution in [0, 0.1) is 0 Å². The molecule has 3 aliphatic rings. The van der Waals surface area contributed by atoms with Gasteiger partial charge in [0.15, 0.2) is 0 Å². The predicted molar refractivity (Wildman–Crippen MR) is 178 cm³/mol. The van der Waals surface area contributed by atoms with E-state index in [0.29, 0.717) is 48.7 Å². The van der Waals surface area contributed by atoms with E-state index in [1.807, 2.05) is 18.2 Å². The quantitative estimate of drug-likeness (QED) is 0.303. The lowest BCUT2D eigenvalue weighted by atomic mass is 9.93. The van der Waals surface area contributed by atoms with Crippen molar-refractivity contribution in [1.29, 1.82) is 0 Å². The zero-order valence-electron chi connectivity index (χ0n) is 27.2. The van der Waals surface area contributed by atoms with Gasteiger partial charge in [0, 0.05) is 78.7 Å². The summed E-state index contributed by atoms with van der Waals surface area (Å²) in [6, 6.07) is 9.56.